The summed E-state index contributed by atoms with van der Waals surface area (Å²) in [6.07, 6.45) is 0. The summed E-state index contributed by atoms with van der Waals surface area (Å²) in [4.78, 5) is 11.1. The highest BCUT2D eigenvalue weighted by Crippen LogP contribution is 2.11. The molecule has 1 aromatic carbocycles. The predicted octanol–water partition coefficient (Wildman–Crippen LogP) is 2.46. The Morgan fingerprint density at radius 3 is 2.93 bits per heavy atom. The number of nitrogens with one attached hydrogen (secondary N) is 1. The van der Waals surface area contributed by atoms with E-state index >= 15 is 0 Å². The number of hydrogen-bond acceptors (Lipinski definition) is 3. The van der Waals surface area contributed by atoms with Crippen LogP contribution in [0.15, 0.2) is 24.3 Å². The van der Waals surface area contributed by atoms with E-state index in [0.29, 0.717) is 12.1 Å². The first-order valence-electron chi connectivity index (χ1n) is 4.88. The normalized spacial score (nSPS) is 11.5. The van der Waals surface area contributed by atoms with Crippen molar-refractivity contribution in [3.05, 3.63) is 29.8 Å². The van der Waals surface area contributed by atoms with Gasteiger partial charge in [0.25, 0.3) is 0 Å². The highest BCUT2D eigenvalue weighted by atomic mass is 16.1. The topological polar surface area (TPSA) is 52.9 Å². The Hall–Kier alpha value is -1.82. The van der Waals surface area contributed by atoms with Crippen molar-refractivity contribution in [3.63, 3.8) is 0 Å². The number of ketones is 1. The molecule has 1 rings (SSSR count). The van der Waals surface area contributed by atoms with Gasteiger partial charge in [-0.3, -0.25) is 4.79 Å². The molecule has 0 aliphatic heterocycles. The van der Waals surface area contributed by atoms with Crippen LogP contribution in [0.3, 0.4) is 0 Å². The lowest BCUT2D eigenvalue weighted by atomic mass is 10.1. The van der Waals surface area contributed by atoms with Gasteiger partial charge in [0.15, 0.2) is 5.78 Å². The Balaban J connectivity index is 2.67. The van der Waals surface area contributed by atoms with Crippen LogP contribution in [0.2, 0.25) is 0 Å². The molecule has 15 heavy (non-hydrogen) atoms. The fourth-order valence-electron chi connectivity index (χ4n) is 1.16. The van der Waals surface area contributed by atoms with Gasteiger partial charge in [-0.05, 0) is 26.0 Å². The highest BCUT2D eigenvalue weighted by Gasteiger charge is 2.02. The largest absolute Gasteiger partial charge is 0.384 e. The summed E-state index contributed by atoms with van der Waals surface area (Å²) in [6.45, 7) is 3.98. The lowest BCUT2D eigenvalue weighted by Crippen LogP contribution is -2.09. The van der Waals surface area contributed by atoms with Crippen molar-refractivity contribution in [2.75, 3.05) is 11.9 Å². The van der Waals surface area contributed by atoms with E-state index < -0.39 is 0 Å². The molecule has 0 spiro atoms. The Kier molecular flexibility index (Phi) is 3.87. The van der Waals surface area contributed by atoms with Gasteiger partial charge in [0.05, 0.1) is 12.0 Å². The second-order valence-electron chi connectivity index (χ2n) is 3.55. The molecule has 78 valence electrons. The Morgan fingerprint density at radius 1 is 1.60 bits per heavy atom. The van der Waals surface area contributed by atoms with Gasteiger partial charge < -0.3 is 5.32 Å². The van der Waals surface area contributed by atoms with Crippen molar-refractivity contribution in [2.45, 2.75) is 13.8 Å². The van der Waals surface area contributed by atoms with Crippen LogP contribution in [0, 0.1) is 17.2 Å². The van der Waals surface area contributed by atoms with Gasteiger partial charge in [-0.2, -0.15) is 5.26 Å². The number of carbonyl (C=O) groups is 1. The van der Waals surface area contributed by atoms with E-state index in [1.54, 1.807) is 12.1 Å². The SMILES string of the molecule is CC(=O)c1cccc(NCC(C)C#N)c1. The maximum Gasteiger partial charge on any atom is 0.159 e. The molecular weight excluding hydrogens is 188 g/mol. The number of benzene rings is 1. The fourth-order valence-corrected chi connectivity index (χ4v) is 1.16. The molecule has 1 aromatic rings. The standard InChI is InChI=1S/C12H14N2O/c1-9(7-13)8-14-12-5-3-4-11(6-12)10(2)15/h3-6,9,14H,8H2,1-2H3. The lowest BCUT2D eigenvalue weighted by molar-refractivity contribution is 0.101. The van der Waals surface area contributed by atoms with Crippen LogP contribution in [0.1, 0.15) is 24.2 Å². The van der Waals surface area contributed by atoms with Crippen molar-refractivity contribution in [3.8, 4) is 6.07 Å². The minimum atomic E-state index is -0.0361. The van der Waals surface area contributed by atoms with Gasteiger partial charge >= 0.3 is 0 Å². The first-order chi connectivity index (χ1) is 7.13. The van der Waals surface area contributed by atoms with Gasteiger partial charge in [0, 0.05) is 17.8 Å². The first kappa shape index (κ1) is 11.3. The van der Waals surface area contributed by atoms with E-state index in [1.807, 2.05) is 19.1 Å². The number of nitrogens with zero attached hydrogens (tertiary/aromatic N) is 1. The number of anilines is 1. The van der Waals surface area contributed by atoms with E-state index in [4.69, 9.17) is 5.26 Å². The molecule has 0 aliphatic rings. The molecule has 0 heterocycles. The third-order valence-electron chi connectivity index (χ3n) is 2.10. The summed E-state index contributed by atoms with van der Waals surface area (Å²) in [5, 5.41) is 11.7. The summed E-state index contributed by atoms with van der Waals surface area (Å²) in [6, 6.07) is 9.44. The molecule has 1 N–H and O–H groups in total. The third-order valence-corrected chi connectivity index (χ3v) is 2.10. The quantitative estimate of drug-likeness (QED) is 0.763. The van der Waals surface area contributed by atoms with Crippen LogP contribution < -0.4 is 5.32 Å². The van der Waals surface area contributed by atoms with Crippen molar-refractivity contribution in [1.29, 1.82) is 5.26 Å². The molecule has 1 unspecified atom stereocenters. The zero-order chi connectivity index (χ0) is 11.3. The molecule has 3 heteroatoms. The maximum atomic E-state index is 11.1. The number of rotatable bonds is 4. The van der Waals surface area contributed by atoms with Gasteiger partial charge in [0.2, 0.25) is 0 Å². The van der Waals surface area contributed by atoms with E-state index in [1.165, 1.54) is 6.92 Å². The van der Waals surface area contributed by atoms with Crippen molar-refractivity contribution in [1.82, 2.24) is 0 Å². The zero-order valence-electron chi connectivity index (χ0n) is 8.95. The Labute approximate surface area is 89.7 Å². The second-order valence-corrected chi connectivity index (χ2v) is 3.55. The van der Waals surface area contributed by atoms with Crippen LogP contribution in [0.25, 0.3) is 0 Å². The fraction of sp³-hybridized carbons (Fsp3) is 0.333. The Bertz CT molecular complexity index is 393. The maximum absolute atomic E-state index is 11.1. The van der Waals surface area contributed by atoms with Crippen LogP contribution in [-0.2, 0) is 0 Å². The second kappa shape index (κ2) is 5.16. The van der Waals surface area contributed by atoms with Crippen LogP contribution in [0.5, 0.6) is 0 Å². The average molecular weight is 202 g/mol. The molecule has 0 radical (unpaired) electrons. The molecule has 0 amide bonds. The summed E-state index contributed by atoms with van der Waals surface area (Å²) in [7, 11) is 0. The third kappa shape index (κ3) is 3.43. The highest BCUT2D eigenvalue weighted by molar-refractivity contribution is 5.94. The minimum absolute atomic E-state index is 0.0361. The number of hydrogen-bond donors (Lipinski definition) is 1. The van der Waals surface area contributed by atoms with Gasteiger partial charge in [-0.25, -0.2) is 0 Å². The van der Waals surface area contributed by atoms with Gasteiger partial charge in [0.1, 0.15) is 0 Å². The molecule has 0 saturated heterocycles. The molecular formula is C12H14N2O. The van der Waals surface area contributed by atoms with Crippen LogP contribution in [0.4, 0.5) is 5.69 Å². The van der Waals surface area contributed by atoms with E-state index in [9.17, 15) is 4.79 Å². The molecule has 0 saturated carbocycles. The van der Waals surface area contributed by atoms with Crippen molar-refractivity contribution >= 4 is 11.5 Å². The molecule has 1 atom stereocenters. The summed E-state index contributed by atoms with van der Waals surface area (Å²) in [5.74, 6) is 0.0120. The molecule has 0 bridgehead atoms. The molecule has 0 fully saturated rings. The Morgan fingerprint density at radius 2 is 2.33 bits per heavy atom. The molecule has 0 aromatic heterocycles. The van der Waals surface area contributed by atoms with Crippen LogP contribution >= 0.6 is 0 Å². The predicted molar refractivity (Wildman–Crippen MR) is 59.7 cm³/mol. The molecule has 0 aliphatic carbocycles. The van der Waals surface area contributed by atoms with E-state index in [2.05, 4.69) is 11.4 Å². The van der Waals surface area contributed by atoms with E-state index in [-0.39, 0.29) is 11.7 Å². The number of nitriles is 1. The summed E-state index contributed by atoms with van der Waals surface area (Å²) >= 11 is 0. The number of carbonyl (C=O) groups excluding carboxylic acids is 1. The average Bonchev–Trinajstić information content (AvgIpc) is 2.26. The summed E-state index contributed by atoms with van der Waals surface area (Å²) < 4.78 is 0. The zero-order valence-corrected chi connectivity index (χ0v) is 8.95. The smallest absolute Gasteiger partial charge is 0.159 e. The molecule has 3 nitrogen and oxygen atoms in total. The van der Waals surface area contributed by atoms with Gasteiger partial charge in [-0.15, -0.1) is 0 Å². The first-order valence-corrected chi connectivity index (χ1v) is 4.88. The van der Waals surface area contributed by atoms with Crippen LogP contribution in [-0.4, -0.2) is 12.3 Å². The monoisotopic (exact) mass is 202 g/mol. The lowest BCUT2D eigenvalue weighted by Gasteiger charge is -2.08. The minimum Gasteiger partial charge on any atom is -0.384 e. The van der Waals surface area contributed by atoms with Gasteiger partial charge in [-0.1, -0.05) is 12.1 Å². The van der Waals surface area contributed by atoms with Crippen molar-refractivity contribution in [2.24, 2.45) is 5.92 Å². The number of Topliss-reactive ketones (excluding diaryl/α,β-unsaturated/α-hetero) is 1. The summed E-state index contributed by atoms with van der Waals surface area (Å²) in [5.41, 5.74) is 1.56. The van der Waals surface area contributed by atoms with Crippen molar-refractivity contribution < 1.29 is 4.79 Å². The van der Waals surface area contributed by atoms with E-state index in [0.717, 1.165) is 5.69 Å².